The molecule has 0 aliphatic heterocycles. The average Bonchev–Trinajstić information content (AvgIpc) is 2.60. The van der Waals surface area contributed by atoms with Crippen molar-refractivity contribution < 1.29 is 0 Å². The zero-order valence-electron chi connectivity index (χ0n) is 9.62. The molecule has 0 atom stereocenters. The molecule has 0 saturated heterocycles. The van der Waals surface area contributed by atoms with E-state index in [4.69, 9.17) is 0 Å². The number of nitrogens with zero attached hydrogens (tertiary/aromatic N) is 2. The van der Waals surface area contributed by atoms with E-state index < -0.39 is 5.69 Å². The normalized spacial score (nSPS) is 16.3. The highest BCUT2D eigenvalue weighted by Gasteiger charge is 2.24. The van der Waals surface area contributed by atoms with Crippen LogP contribution in [-0.4, -0.2) is 19.5 Å². The predicted molar refractivity (Wildman–Crippen MR) is 63.2 cm³/mol. The first-order valence-electron chi connectivity index (χ1n) is 5.93. The Labute approximate surface area is 96.7 Å². The third kappa shape index (κ3) is 1.44. The van der Waals surface area contributed by atoms with Gasteiger partial charge in [-0.1, -0.05) is 6.42 Å². The van der Waals surface area contributed by atoms with Gasteiger partial charge in [-0.2, -0.15) is 0 Å². The first-order valence-corrected chi connectivity index (χ1v) is 5.93. The molecule has 2 N–H and O–H groups in total. The lowest BCUT2D eigenvalue weighted by Crippen LogP contribution is -2.29. The summed E-state index contributed by atoms with van der Waals surface area (Å²) in [5.74, 6) is 1.26. The Morgan fingerprint density at radius 2 is 2.12 bits per heavy atom. The van der Waals surface area contributed by atoms with Gasteiger partial charge in [-0.25, -0.2) is 9.78 Å². The zero-order chi connectivity index (χ0) is 12.0. The molecule has 1 fully saturated rings. The van der Waals surface area contributed by atoms with Crippen LogP contribution in [0.5, 0.6) is 0 Å². The van der Waals surface area contributed by atoms with Gasteiger partial charge in [0, 0.05) is 12.5 Å². The Hall–Kier alpha value is -1.85. The highest BCUT2D eigenvalue weighted by Crippen LogP contribution is 2.34. The van der Waals surface area contributed by atoms with Crippen molar-refractivity contribution in [3.8, 4) is 0 Å². The SMILES string of the molecule is CCn1c(=O)[nH]c(=O)c2[nH]c(C3CCC3)nc21. The molecule has 1 aliphatic carbocycles. The summed E-state index contributed by atoms with van der Waals surface area (Å²) in [5, 5.41) is 0. The van der Waals surface area contributed by atoms with Gasteiger partial charge in [0.25, 0.3) is 5.56 Å². The maximum Gasteiger partial charge on any atom is 0.330 e. The van der Waals surface area contributed by atoms with Crippen LogP contribution in [0, 0.1) is 0 Å². The maximum absolute atomic E-state index is 11.7. The molecule has 6 heteroatoms. The summed E-state index contributed by atoms with van der Waals surface area (Å²) < 4.78 is 1.48. The maximum atomic E-state index is 11.7. The summed E-state index contributed by atoms with van der Waals surface area (Å²) >= 11 is 0. The van der Waals surface area contributed by atoms with Gasteiger partial charge in [0.15, 0.2) is 5.65 Å². The van der Waals surface area contributed by atoms with Crippen molar-refractivity contribution in [2.45, 2.75) is 38.6 Å². The molecule has 0 unspecified atom stereocenters. The van der Waals surface area contributed by atoms with Gasteiger partial charge in [0.05, 0.1) is 0 Å². The number of rotatable bonds is 2. The Morgan fingerprint density at radius 3 is 2.71 bits per heavy atom. The fourth-order valence-corrected chi connectivity index (χ4v) is 2.23. The molecular formula is C11H14N4O2. The van der Waals surface area contributed by atoms with Crippen molar-refractivity contribution >= 4 is 11.2 Å². The quantitative estimate of drug-likeness (QED) is 0.802. The summed E-state index contributed by atoms with van der Waals surface area (Å²) in [6.07, 6.45) is 3.42. The summed E-state index contributed by atoms with van der Waals surface area (Å²) in [6.45, 7) is 2.36. The van der Waals surface area contributed by atoms with Gasteiger partial charge < -0.3 is 4.98 Å². The molecule has 6 nitrogen and oxygen atoms in total. The molecule has 2 aromatic heterocycles. The first-order chi connectivity index (χ1) is 8.20. The number of aromatic nitrogens is 4. The second-order valence-electron chi connectivity index (χ2n) is 4.45. The van der Waals surface area contributed by atoms with Crippen LogP contribution in [0.1, 0.15) is 37.9 Å². The molecule has 2 heterocycles. The van der Waals surface area contributed by atoms with Crippen molar-refractivity contribution in [2.75, 3.05) is 0 Å². The molecule has 17 heavy (non-hydrogen) atoms. The van der Waals surface area contributed by atoms with Crippen LogP contribution in [0.25, 0.3) is 11.2 Å². The lowest BCUT2D eigenvalue weighted by atomic mass is 9.85. The number of imidazole rings is 1. The summed E-state index contributed by atoms with van der Waals surface area (Å²) in [5.41, 5.74) is 0.112. The van der Waals surface area contributed by atoms with Crippen LogP contribution < -0.4 is 11.2 Å². The molecule has 0 spiro atoms. The van der Waals surface area contributed by atoms with Gasteiger partial charge in [0.2, 0.25) is 0 Å². The third-order valence-corrected chi connectivity index (χ3v) is 3.46. The molecule has 1 aliphatic rings. The number of H-pyrrole nitrogens is 2. The summed E-state index contributed by atoms with van der Waals surface area (Å²) in [4.78, 5) is 33.0. The van der Waals surface area contributed by atoms with Gasteiger partial charge in [-0.3, -0.25) is 14.3 Å². The molecule has 0 radical (unpaired) electrons. The van der Waals surface area contributed by atoms with Crippen molar-refractivity contribution in [1.29, 1.82) is 0 Å². The van der Waals surface area contributed by atoms with E-state index in [-0.39, 0.29) is 5.56 Å². The number of aromatic amines is 2. The van der Waals surface area contributed by atoms with E-state index in [0.29, 0.717) is 23.6 Å². The smallest absolute Gasteiger partial charge is 0.330 e. The van der Waals surface area contributed by atoms with Crippen molar-refractivity contribution in [3.05, 3.63) is 26.7 Å². The highest BCUT2D eigenvalue weighted by molar-refractivity contribution is 5.69. The predicted octanol–water partition coefficient (Wildman–Crippen LogP) is 0.700. The minimum absolute atomic E-state index is 0.382. The number of aryl methyl sites for hydroxylation is 1. The minimum atomic E-state index is -0.392. The van der Waals surface area contributed by atoms with E-state index in [1.54, 1.807) is 0 Å². The molecule has 0 bridgehead atoms. The van der Waals surface area contributed by atoms with Crippen LogP contribution in [-0.2, 0) is 6.54 Å². The van der Waals surface area contributed by atoms with Crippen molar-refractivity contribution in [2.24, 2.45) is 0 Å². The molecule has 0 amide bonds. The van der Waals surface area contributed by atoms with Gasteiger partial charge in [-0.15, -0.1) is 0 Å². The van der Waals surface area contributed by atoms with Crippen LogP contribution in [0.3, 0.4) is 0 Å². The van der Waals surface area contributed by atoms with E-state index in [9.17, 15) is 9.59 Å². The van der Waals surface area contributed by atoms with Crippen molar-refractivity contribution in [1.82, 2.24) is 19.5 Å². The van der Waals surface area contributed by atoms with Crippen LogP contribution in [0.2, 0.25) is 0 Å². The fourth-order valence-electron chi connectivity index (χ4n) is 2.23. The Kier molecular flexibility index (Phi) is 2.17. The van der Waals surface area contributed by atoms with Crippen LogP contribution >= 0.6 is 0 Å². The molecule has 0 aromatic carbocycles. The number of fused-ring (bicyclic) bond motifs is 1. The first kappa shape index (κ1) is 10.3. The standard InChI is InChI=1S/C11H14N4O2/c1-2-15-9-7(10(16)14-11(15)17)12-8(13-9)6-4-3-5-6/h6H,2-5H2,1H3,(H,12,13)(H,14,16,17). The van der Waals surface area contributed by atoms with E-state index in [1.807, 2.05) is 6.92 Å². The van der Waals surface area contributed by atoms with Gasteiger partial charge in [-0.05, 0) is 19.8 Å². The molecular weight excluding hydrogens is 220 g/mol. The van der Waals surface area contributed by atoms with Gasteiger partial charge in [0.1, 0.15) is 11.3 Å². The monoisotopic (exact) mass is 234 g/mol. The molecule has 90 valence electrons. The number of nitrogens with one attached hydrogen (secondary N) is 2. The Balaban J connectivity index is 2.29. The minimum Gasteiger partial charge on any atom is -0.336 e. The molecule has 3 rings (SSSR count). The zero-order valence-corrected chi connectivity index (χ0v) is 9.62. The second-order valence-corrected chi connectivity index (χ2v) is 4.45. The van der Waals surface area contributed by atoms with Crippen LogP contribution in [0.4, 0.5) is 0 Å². The fraction of sp³-hybridized carbons (Fsp3) is 0.545. The second kappa shape index (κ2) is 3.58. The van der Waals surface area contributed by atoms with Crippen LogP contribution in [0.15, 0.2) is 9.59 Å². The largest absolute Gasteiger partial charge is 0.336 e. The van der Waals surface area contributed by atoms with E-state index in [1.165, 1.54) is 11.0 Å². The number of hydrogen-bond acceptors (Lipinski definition) is 3. The Morgan fingerprint density at radius 1 is 1.35 bits per heavy atom. The highest BCUT2D eigenvalue weighted by atomic mass is 16.2. The third-order valence-electron chi connectivity index (χ3n) is 3.46. The lowest BCUT2D eigenvalue weighted by Gasteiger charge is -2.22. The number of hydrogen-bond donors (Lipinski definition) is 2. The molecule has 1 saturated carbocycles. The van der Waals surface area contributed by atoms with E-state index >= 15 is 0 Å². The average molecular weight is 234 g/mol. The Bertz CT molecular complexity index is 675. The lowest BCUT2D eigenvalue weighted by molar-refractivity contribution is 0.404. The summed E-state index contributed by atoms with van der Waals surface area (Å²) in [6, 6.07) is 0. The topological polar surface area (TPSA) is 83.5 Å². The van der Waals surface area contributed by atoms with Crippen molar-refractivity contribution in [3.63, 3.8) is 0 Å². The summed E-state index contributed by atoms with van der Waals surface area (Å²) in [7, 11) is 0. The van der Waals surface area contributed by atoms with E-state index in [0.717, 1.165) is 18.7 Å². The van der Waals surface area contributed by atoms with E-state index in [2.05, 4.69) is 15.0 Å². The molecule has 2 aromatic rings. The van der Waals surface area contributed by atoms with Gasteiger partial charge >= 0.3 is 5.69 Å².